The number of para-hydroxylation sites is 1. The molecule has 0 bridgehead atoms. The number of rotatable bonds is 1. The van der Waals surface area contributed by atoms with Gasteiger partial charge >= 0.3 is 0 Å². The third-order valence-electron chi connectivity index (χ3n) is 2.76. The second-order valence-electron chi connectivity index (χ2n) is 3.91. The minimum absolute atomic E-state index is 0.542. The lowest BCUT2D eigenvalue weighted by Gasteiger charge is -2.00. The molecule has 0 saturated heterocycles. The highest BCUT2D eigenvalue weighted by molar-refractivity contribution is 5.95. The topological polar surface area (TPSA) is 15.8 Å². The van der Waals surface area contributed by atoms with Crippen LogP contribution in [0.1, 0.15) is 0 Å². The van der Waals surface area contributed by atoms with E-state index in [-0.39, 0.29) is 0 Å². The largest absolute Gasteiger partial charge is 0.361 e. The number of aromatic nitrogens is 1. The van der Waals surface area contributed by atoms with Gasteiger partial charge in [-0.05, 0) is 23.8 Å². The lowest BCUT2D eigenvalue weighted by atomic mass is 10.0. The molecule has 0 radical (unpaired) electrons. The van der Waals surface area contributed by atoms with Crippen LogP contribution in [-0.2, 0) is 0 Å². The van der Waals surface area contributed by atoms with Gasteiger partial charge in [-0.3, -0.25) is 0 Å². The van der Waals surface area contributed by atoms with Crippen LogP contribution < -0.4 is 0 Å². The highest BCUT2D eigenvalue weighted by Gasteiger charge is 2.08. The van der Waals surface area contributed by atoms with Gasteiger partial charge in [0.1, 0.15) is 11.6 Å². The maximum Gasteiger partial charge on any atom is 0.126 e. The van der Waals surface area contributed by atoms with Crippen molar-refractivity contribution in [2.75, 3.05) is 0 Å². The van der Waals surface area contributed by atoms with Crippen molar-refractivity contribution in [2.24, 2.45) is 0 Å². The van der Waals surface area contributed by atoms with Gasteiger partial charge in [0, 0.05) is 28.7 Å². The minimum atomic E-state index is -0.565. The van der Waals surface area contributed by atoms with Gasteiger partial charge in [-0.2, -0.15) is 0 Å². The number of hydrogen-bond acceptors (Lipinski definition) is 0. The van der Waals surface area contributed by atoms with Crippen molar-refractivity contribution < 1.29 is 8.78 Å². The maximum absolute atomic E-state index is 13.2. The molecule has 2 aromatic carbocycles. The van der Waals surface area contributed by atoms with Gasteiger partial charge in [-0.15, -0.1) is 0 Å². The molecule has 1 heterocycles. The molecule has 0 atom stereocenters. The molecule has 3 rings (SSSR count). The molecule has 3 aromatic rings. The van der Waals surface area contributed by atoms with E-state index in [1.54, 1.807) is 6.20 Å². The quantitative estimate of drug-likeness (QED) is 0.646. The van der Waals surface area contributed by atoms with Crippen molar-refractivity contribution in [2.45, 2.75) is 0 Å². The predicted molar refractivity (Wildman–Crippen MR) is 63.7 cm³/mol. The molecule has 0 aliphatic carbocycles. The molecule has 1 N–H and O–H groups in total. The van der Waals surface area contributed by atoms with Crippen LogP contribution in [0, 0.1) is 11.6 Å². The summed E-state index contributed by atoms with van der Waals surface area (Å²) in [7, 11) is 0. The van der Waals surface area contributed by atoms with Crippen molar-refractivity contribution >= 4 is 10.9 Å². The Morgan fingerprint density at radius 1 is 0.882 bits per heavy atom. The molecule has 0 aliphatic rings. The molecule has 0 aliphatic heterocycles. The summed E-state index contributed by atoms with van der Waals surface area (Å²) in [5.41, 5.74) is 2.30. The summed E-state index contributed by atoms with van der Waals surface area (Å²) in [6.45, 7) is 0. The van der Waals surface area contributed by atoms with Crippen LogP contribution in [0.4, 0.5) is 8.78 Å². The molecule has 3 heteroatoms. The van der Waals surface area contributed by atoms with E-state index in [1.165, 1.54) is 12.1 Å². The summed E-state index contributed by atoms with van der Waals surface area (Å²) in [5.74, 6) is -1.13. The second-order valence-corrected chi connectivity index (χ2v) is 3.91. The van der Waals surface area contributed by atoms with Gasteiger partial charge in [0.2, 0.25) is 0 Å². The average Bonchev–Trinajstić information content (AvgIpc) is 2.71. The molecule has 84 valence electrons. The normalized spacial score (nSPS) is 10.9. The van der Waals surface area contributed by atoms with Crippen LogP contribution in [0.3, 0.4) is 0 Å². The fraction of sp³-hybridized carbons (Fsp3) is 0. The van der Waals surface area contributed by atoms with E-state index in [0.717, 1.165) is 22.5 Å². The van der Waals surface area contributed by atoms with Crippen molar-refractivity contribution in [3.05, 3.63) is 60.3 Å². The van der Waals surface area contributed by atoms with Gasteiger partial charge in [0.05, 0.1) is 0 Å². The van der Waals surface area contributed by atoms with Gasteiger partial charge in [0.25, 0.3) is 0 Å². The van der Waals surface area contributed by atoms with Crippen LogP contribution in [0.5, 0.6) is 0 Å². The van der Waals surface area contributed by atoms with Crippen LogP contribution in [0.25, 0.3) is 22.0 Å². The van der Waals surface area contributed by atoms with E-state index in [2.05, 4.69) is 4.98 Å². The lowest BCUT2D eigenvalue weighted by Crippen LogP contribution is -1.82. The highest BCUT2D eigenvalue weighted by Crippen LogP contribution is 2.29. The van der Waals surface area contributed by atoms with Crippen LogP contribution in [0.15, 0.2) is 48.7 Å². The highest BCUT2D eigenvalue weighted by atomic mass is 19.1. The Hall–Kier alpha value is -2.16. The fourth-order valence-corrected chi connectivity index (χ4v) is 2.02. The van der Waals surface area contributed by atoms with Crippen molar-refractivity contribution in [1.29, 1.82) is 0 Å². The van der Waals surface area contributed by atoms with Crippen molar-refractivity contribution in [3.63, 3.8) is 0 Å². The van der Waals surface area contributed by atoms with Crippen molar-refractivity contribution in [1.82, 2.24) is 4.98 Å². The Labute approximate surface area is 96.7 Å². The zero-order chi connectivity index (χ0) is 11.8. The monoisotopic (exact) mass is 229 g/mol. The van der Waals surface area contributed by atoms with Crippen LogP contribution in [0.2, 0.25) is 0 Å². The first-order valence-corrected chi connectivity index (χ1v) is 5.26. The van der Waals surface area contributed by atoms with Gasteiger partial charge in [-0.1, -0.05) is 18.2 Å². The number of H-pyrrole nitrogens is 1. The Morgan fingerprint density at radius 3 is 2.35 bits per heavy atom. The number of fused-ring (bicyclic) bond motifs is 1. The smallest absolute Gasteiger partial charge is 0.126 e. The third-order valence-corrected chi connectivity index (χ3v) is 2.76. The molecule has 17 heavy (non-hydrogen) atoms. The first kappa shape index (κ1) is 10.0. The van der Waals surface area contributed by atoms with Crippen LogP contribution >= 0.6 is 0 Å². The molecule has 0 fully saturated rings. The van der Waals surface area contributed by atoms with E-state index in [0.29, 0.717) is 5.56 Å². The van der Waals surface area contributed by atoms with Gasteiger partial charge < -0.3 is 4.98 Å². The third kappa shape index (κ3) is 1.69. The molecular weight excluding hydrogens is 220 g/mol. The van der Waals surface area contributed by atoms with E-state index >= 15 is 0 Å². The summed E-state index contributed by atoms with van der Waals surface area (Å²) >= 11 is 0. The zero-order valence-corrected chi connectivity index (χ0v) is 8.87. The summed E-state index contributed by atoms with van der Waals surface area (Å²) < 4.78 is 26.3. The lowest BCUT2D eigenvalue weighted by molar-refractivity contribution is 0.584. The molecule has 0 spiro atoms. The second kappa shape index (κ2) is 3.70. The maximum atomic E-state index is 13.2. The SMILES string of the molecule is Fc1cc(F)cc(-c2c[nH]c3ccccc23)c1. The Balaban J connectivity index is 2.27. The van der Waals surface area contributed by atoms with E-state index < -0.39 is 11.6 Å². The standard InChI is InChI=1S/C14H9F2N/c15-10-5-9(6-11(16)7-10)13-8-17-14-4-2-1-3-12(13)14/h1-8,17H. The summed E-state index contributed by atoms with van der Waals surface area (Å²) in [6.07, 6.45) is 1.76. The van der Waals surface area contributed by atoms with Gasteiger partial charge in [-0.25, -0.2) is 8.78 Å². The first-order valence-electron chi connectivity index (χ1n) is 5.26. The molecule has 1 aromatic heterocycles. The van der Waals surface area contributed by atoms with Crippen molar-refractivity contribution in [3.8, 4) is 11.1 Å². The number of nitrogens with one attached hydrogen (secondary N) is 1. The molecule has 0 saturated carbocycles. The van der Waals surface area contributed by atoms with E-state index in [1.807, 2.05) is 24.3 Å². The van der Waals surface area contributed by atoms with E-state index in [9.17, 15) is 8.78 Å². The average molecular weight is 229 g/mol. The van der Waals surface area contributed by atoms with Gasteiger partial charge in [0.15, 0.2) is 0 Å². The summed E-state index contributed by atoms with van der Waals surface area (Å²) in [4.78, 5) is 3.08. The first-order chi connectivity index (χ1) is 8.24. The molecule has 0 unspecified atom stereocenters. The molecular formula is C14H9F2N. The summed E-state index contributed by atoms with van der Waals surface area (Å²) in [6, 6.07) is 11.2. The number of aromatic amines is 1. The number of halogens is 2. The number of hydrogen-bond donors (Lipinski definition) is 1. The Bertz CT molecular complexity index is 665. The minimum Gasteiger partial charge on any atom is -0.361 e. The number of benzene rings is 2. The fourth-order valence-electron chi connectivity index (χ4n) is 2.02. The van der Waals surface area contributed by atoms with Crippen LogP contribution in [-0.4, -0.2) is 4.98 Å². The molecule has 1 nitrogen and oxygen atoms in total. The Morgan fingerprint density at radius 2 is 1.59 bits per heavy atom. The molecule has 0 amide bonds. The zero-order valence-electron chi connectivity index (χ0n) is 8.87. The summed E-state index contributed by atoms with van der Waals surface area (Å²) in [5, 5.41) is 0.956. The predicted octanol–water partition coefficient (Wildman–Crippen LogP) is 4.11. The Kier molecular flexibility index (Phi) is 2.18. The van der Waals surface area contributed by atoms with E-state index in [4.69, 9.17) is 0 Å².